The highest BCUT2D eigenvalue weighted by Gasteiger charge is 2.29. The van der Waals surface area contributed by atoms with Crippen LogP contribution in [0.3, 0.4) is 0 Å². The standard InChI is InChI=1S/C20H20FN5O2/c21-13-7-8-25(11-13)19-6-1-14(9-24-19)23-10-17-18(22)12-26(20(17)28)15-2-4-16(27)5-3-15/h1-6,9-10,13,27H,7-8,11-12,22H2/t13-/m0/s1. The molecular weight excluding hydrogens is 361 g/mol. The summed E-state index contributed by atoms with van der Waals surface area (Å²) in [5.41, 5.74) is 8.02. The number of alkyl halides is 1. The zero-order valence-electron chi connectivity index (χ0n) is 15.1. The van der Waals surface area contributed by atoms with Crippen molar-refractivity contribution in [2.24, 2.45) is 10.7 Å². The molecule has 2 aliphatic heterocycles. The summed E-state index contributed by atoms with van der Waals surface area (Å²) in [7, 11) is 0. The zero-order chi connectivity index (χ0) is 19.7. The second-order valence-corrected chi connectivity index (χ2v) is 6.81. The lowest BCUT2D eigenvalue weighted by Gasteiger charge is -2.16. The molecule has 0 aliphatic carbocycles. The highest BCUT2D eigenvalue weighted by atomic mass is 19.1. The van der Waals surface area contributed by atoms with Crippen LogP contribution in [-0.2, 0) is 4.79 Å². The summed E-state index contributed by atoms with van der Waals surface area (Å²) in [5.74, 6) is 0.598. The number of halogens is 1. The molecule has 3 heterocycles. The number of phenols is 1. The van der Waals surface area contributed by atoms with E-state index < -0.39 is 6.17 Å². The number of aliphatic imine (C=N–C) groups is 1. The van der Waals surface area contributed by atoms with Crippen LogP contribution in [0.5, 0.6) is 5.75 Å². The Morgan fingerprint density at radius 1 is 1.25 bits per heavy atom. The summed E-state index contributed by atoms with van der Waals surface area (Å²) in [6.07, 6.45) is 2.75. The molecule has 28 heavy (non-hydrogen) atoms. The third-order valence-electron chi connectivity index (χ3n) is 4.84. The first-order chi connectivity index (χ1) is 13.5. The van der Waals surface area contributed by atoms with E-state index in [4.69, 9.17) is 5.73 Å². The highest BCUT2D eigenvalue weighted by Crippen LogP contribution is 2.26. The summed E-state index contributed by atoms with van der Waals surface area (Å²) in [6.45, 7) is 1.28. The van der Waals surface area contributed by atoms with Gasteiger partial charge >= 0.3 is 0 Å². The number of amides is 1. The van der Waals surface area contributed by atoms with Crippen LogP contribution in [0.2, 0.25) is 0 Å². The Labute approximate surface area is 161 Å². The quantitative estimate of drug-likeness (QED) is 0.793. The fourth-order valence-corrected chi connectivity index (χ4v) is 3.30. The van der Waals surface area contributed by atoms with Crippen molar-refractivity contribution in [3.05, 3.63) is 53.9 Å². The van der Waals surface area contributed by atoms with Crippen LogP contribution in [0.15, 0.2) is 58.9 Å². The van der Waals surface area contributed by atoms with E-state index in [-0.39, 0.29) is 18.2 Å². The molecule has 0 radical (unpaired) electrons. The van der Waals surface area contributed by atoms with Crippen LogP contribution in [0, 0.1) is 0 Å². The molecule has 8 heteroatoms. The predicted octanol–water partition coefficient (Wildman–Crippen LogP) is 2.30. The molecule has 0 spiro atoms. The Bertz CT molecular complexity index is 940. The number of anilines is 2. The maximum absolute atomic E-state index is 13.3. The van der Waals surface area contributed by atoms with Gasteiger partial charge in [0, 0.05) is 24.1 Å². The first-order valence-electron chi connectivity index (χ1n) is 9.00. The lowest BCUT2D eigenvalue weighted by Crippen LogP contribution is -2.27. The minimum absolute atomic E-state index is 0.130. The summed E-state index contributed by atoms with van der Waals surface area (Å²) < 4.78 is 13.3. The second-order valence-electron chi connectivity index (χ2n) is 6.81. The minimum atomic E-state index is -0.806. The number of aromatic hydroxyl groups is 1. The molecular formula is C20H20FN5O2. The van der Waals surface area contributed by atoms with E-state index in [2.05, 4.69) is 9.98 Å². The second kappa shape index (κ2) is 7.30. The van der Waals surface area contributed by atoms with E-state index in [9.17, 15) is 14.3 Å². The fourth-order valence-electron chi connectivity index (χ4n) is 3.30. The van der Waals surface area contributed by atoms with Gasteiger partial charge in [-0.2, -0.15) is 0 Å². The van der Waals surface area contributed by atoms with Crippen LogP contribution in [-0.4, -0.2) is 48.0 Å². The van der Waals surface area contributed by atoms with Crippen molar-refractivity contribution in [3.8, 4) is 5.75 Å². The van der Waals surface area contributed by atoms with Gasteiger partial charge in [-0.05, 0) is 42.8 Å². The van der Waals surface area contributed by atoms with Crippen LogP contribution in [0.25, 0.3) is 0 Å². The number of phenolic OH excluding ortho intramolecular Hbond substituents is 1. The van der Waals surface area contributed by atoms with Crippen molar-refractivity contribution < 1.29 is 14.3 Å². The molecule has 2 aliphatic rings. The van der Waals surface area contributed by atoms with Crippen LogP contribution in [0.1, 0.15) is 6.42 Å². The van der Waals surface area contributed by atoms with Gasteiger partial charge in [-0.15, -0.1) is 0 Å². The number of nitrogens with two attached hydrogens (primary N) is 1. The summed E-state index contributed by atoms with van der Waals surface area (Å²) >= 11 is 0. The van der Waals surface area contributed by atoms with E-state index in [0.717, 1.165) is 0 Å². The van der Waals surface area contributed by atoms with E-state index in [1.807, 2.05) is 4.90 Å². The average Bonchev–Trinajstić information content (AvgIpc) is 3.25. The van der Waals surface area contributed by atoms with Gasteiger partial charge in [0.2, 0.25) is 0 Å². The number of pyridine rings is 1. The Kier molecular flexibility index (Phi) is 4.68. The third-order valence-corrected chi connectivity index (χ3v) is 4.84. The maximum Gasteiger partial charge on any atom is 0.262 e. The van der Waals surface area contributed by atoms with Crippen LogP contribution in [0.4, 0.5) is 21.6 Å². The van der Waals surface area contributed by atoms with E-state index in [1.165, 1.54) is 23.2 Å². The molecule has 4 rings (SSSR count). The van der Waals surface area contributed by atoms with E-state index in [0.29, 0.717) is 48.0 Å². The van der Waals surface area contributed by atoms with Crippen molar-refractivity contribution in [1.29, 1.82) is 0 Å². The van der Waals surface area contributed by atoms with Gasteiger partial charge in [0.25, 0.3) is 5.91 Å². The Morgan fingerprint density at radius 2 is 2.04 bits per heavy atom. The fraction of sp³-hybridized carbons (Fsp3) is 0.250. The Morgan fingerprint density at radius 3 is 2.68 bits per heavy atom. The third kappa shape index (κ3) is 3.53. The number of aromatic nitrogens is 1. The number of nitrogens with zero attached hydrogens (tertiary/aromatic N) is 4. The summed E-state index contributed by atoms with van der Waals surface area (Å²) in [4.78, 5) is 24.7. The molecule has 3 N–H and O–H groups in total. The lowest BCUT2D eigenvalue weighted by molar-refractivity contribution is -0.114. The van der Waals surface area contributed by atoms with Crippen molar-refractivity contribution in [3.63, 3.8) is 0 Å². The molecule has 1 saturated heterocycles. The van der Waals surface area contributed by atoms with Gasteiger partial charge in [-0.1, -0.05) is 0 Å². The molecule has 144 valence electrons. The van der Waals surface area contributed by atoms with E-state index >= 15 is 0 Å². The molecule has 1 fully saturated rings. The number of hydrogen-bond donors (Lipinski definition) is 2. The molecule has 1 aromatic carbocycles. The smallest absolute Gasteiger partial charge is 0.262 e. The van der Waals surface area contributed by atoms with Crippen molar-refractivity contribution in [1.82, 2.24) is 4.98 Å². The molecule has 0 saturated carbocycles. The monoisotopic (exact) mass is 381 g/mol. The lowest BCUT2D eigenvalue weighted by atomic mass is 10.2. The normalized spacial score (nSPS) is 20.0. The summed E-state index contributed by atoms with van der Waals surface area (Å²) in [5, 5.41) is 9.39. The Hall–Kier alpha value is -3.42. The maximum atomic E-state index is 13.3. The van der Waals surface area contributed by atoms with Gasteiger partial charge in [-0.3, -0.25) is 9.79 Å². The number of carbonyl (C=O) groups is 1. The molecule has 1 aromatic heterocycles. The van der Waals surface area contributed by atoms with Gasteiger partial charge in [0.15, 0.2) is 0 Å². The van der Waals surface area contributed by atoms with Crippen molar-refractivity contribution >= 4 is 29.3 Å². The number of benzene rings is 1. The molecule has 0 unspecified atom stereocenters. The molecule has 0 bridgehead atoms. The van der Waals surface area contributed by atoms with Crippen molar-refractivity contribution in [2.75, 3.05) is 29.4 Å². The van der Waals surface area contributed by atoms with Crippen LogP contribution < -0.4 is 15.5 Å². The first kappa shape index (κ1) is 18.0. The average molecular weight is 381 g/mol. The topological polar surface area (TPSA) is 95.0 Å². The van der Waals surface area contributed by atoms with Gasteiger partial charge in [-0.25, -0.2) is 9.37 Å². The molecule has 1 amide bonds. The molecule has 7 nitrogen and oxygen atoms in total. The Balaban J connectivity index is 1.46. The highest BCUT2D eigenvalue weighted by molar-refractivity contribution is 6.22. The molecule has 1 atom stereocenters. The summed E-state index contributed by atoms with van der Waals surface area (Å²) in [6, 6.07) is 9.92. The number of hydrogen-bond acceptors (Lipinski definition) is 6. The predicted molar refractivity (Wildman–Crippen MR) is 106 cm³/mol. The SMILES string of the molecule is NC1=C(C=Nc2ccc(N3CC[C@H](F)C3)nc2)C(=O)N(c2ccc(O)cc2)C1. The van der Waals surface area contributed by atoms with E-state index in [1.54, 1.807) is 30.5 Å². The zero-order valence-corrected chi connectivity index (χ0v) is 15.1. The first-order valence-corrected chi connectivity index (χ1v) is 9.00. The van der Waals surface area contributed by atoms with Gasteiger partial charge in [0.05, 0.1) is 30.5 Å². The number of rotatable bonds is 4. The largest absolute Gasteiger partial charge is 0.508 e. The molecule has 2 aromatic rings. The van der Waals surface area contributed by atoms with Crippen LogP contribution >= 0.6 is 0 Å². The van der Waals surface area contributed by atoms with Gasteiger partial charge in [0.1, 0.15) is 17.7 Å². The van der Waals surface area contributed by atoms with Gasteiger partial charge < -0.3 is 20.6 Å². The minimum Gasteiger partial charge on any atom is -0.508 e. The number of carbonyl (C=O) groups excluding carboxylic acids is 1. The van der Waals surface area contributed by atoms with Crippen molar-refractivity contribution in [2.45, 2.75) is 12.6 Å².